The van der Waals surface area contributed by atoms with Crippen LogP contribution in [0.3, 0.4) is 0 Å². The van der Waals surface area contributed by atoms with Crippen molar-refractivity contribution in [2.24, 2.45) is 11.7 Å². The number of halogens is 3. The molecule has 1 fully saturated rings. The van der Waals surface area contributed by atoms with Crippen molar-refractivity contribution in [2.75, 3.05) is 32.7 Å². The maximum atomic E-state index is 12.2. The predicted molar refractivity (Wildman–Crippen MR) is 67.7 cm³/mol. The Labute approximate surface area is 112 Å². The lowest BCUT2D eigenvalue weighted by Crippen LogP contribution is -2.53. The summed E-state index contributed by atoms with van der Waals surface area (Å²) in [6, 6.07) is -0.242. The number of nitrogens with zero attached hydrogens (tertiary/aromatic N) is 1. The maximum absolute atomic E-state index is 12.2. The molecule has 4 nitrogen and oxygen atoms in total. The third-order valence-corrected chi connectivity index (χ3v) is 3.56. The molecule has 1 aliphatic heterocycles. The molecule has 0 aliphatic carbocycles. The number of alkyl halides is 3. The molecule has 0 spiro atoms. The van der Waals surface area contributed by atoms with Gasteiger partial charge in [0.15, 0.2) is 0 Å². The van der Waals surface area contributed by atoms with Crippen molar-refractivity contribution in [3.63, 3.8) is 0 Å². The summed E-state index contributed by atoms with van der Waals surface area (Å²) in [6.45, 7) is 3.28. The molecular formula is C12H24F3N3O. The van der Waals surface area contributed by atoms with Gasteiger partial charge in [0, 0.05) is 32.2 Å². The number of piperidine rings is 1. The lowest BCUT2D eigenvalue weighted by Gasteiger charge is -2.39. The van der Waals surface area contributed by atoms with E-state index < -0.39 is 18.8 Å². The van der Waals surface area contributed by atoms with Crippen LogP contribution in [-0.2, 0) is 0 Å². The van der Waals surface area contributed by atoms with Crippen LogP contribution in [-0.4, -0.2) is 61.1 Å². The molecule has 0 saturated carbocycles. The fourth-order valence-corrected chi connectivity index (χ4v) is 2.62. The van der Waals surface area contributed by atoms with Gasteiger partial charge in [0.05, 0.1) is 12.6 Å². The monoisotopic (exact) mass is 283 g/mol. The molecular weight excluding hydrogens is 259 g/mol. The summed E-state index contributed by atoms with van der Waals surface area (Å²) in [5.41, 5.74) is 5.50. The van der Waals surface area contributed by atoms with Gasteiger partial charge in [-0.15, -0.1) is 0 Å². The zero-order valence-electron chi connectivity index (χ0n) is 11.3. The highest BCUT2D eigenvalue weighted by molar-refractivity contribution is 4.87. The van der Waals surface area contributed by atoms with Gasteiger partial charge in [0.25, 0.3) is 0 Å². The first kappa shape index (κ1) is 16.7. The van der Waals surface area contributed by atoms with E-state index in [1.54, 1.807) is 0 Å². The second-order valence-corrected chi connectivity index (χ2v) is 5.21. The van der Waals surface area contributed by atoms with E-state index in [1.165, 1.54) is 0 Å². The minimum Gasteiger partial charge on any atom is -0.393 e. The molecule has 4 N–H and O–H groups in total. The largest absolute Gasteiger partial charge is 0.401 e. The predicted octanol–water partition coefficient (Wildman–Crippen LogP) is 0.558. The van der Waals surface area contributed by atoms with Crippen LogP contribution in [0.4, 0.5) is 13.2 Å². The van der Waals surface area contributed by atoms with E-state index in [-0.39, 0.29) is 12.0 Å². The lowest BCUT2D eigenvalue weighted by atomic mass is 9.88. The van der Waals surface area contributed by atoms with Crippen molar-refractivity contribution >= 4 is 0 Å². The highest BCUT2D eigenvalue weighted by Gasteiger charge is 2.33. The Kier molecular flexibility index (Phi) is 6.52. The van der Waals surface area contributed by atoms with Gasteiger partial charge in [-0.1, -0.05) is 6.92 Å². The standard InChI is InChI=1S/C12H24F3N3O/c1-2-11(19)9-5-10(17-8-12(13,14)15)7-18(6-9)4-3-16/h9-11,17,19H,2-8,16H2,1H3. The molecule has 19 heavy (non-hydrogen) atoms. The van der Waals surface area contributed by atoms with Crippen LogP contribution < -0.4 is 11.1 Å². The van der Waals surface area contributed by atoms with Gasteiger partial charge >= 0.3 is 6.18 Å². The summed E-state index contributed by atoms with van der Waals surface area (Å²) < 4.78 is 36.7. The average molecular weight is 283 g/mol. The fraction of sp³-hybridized carbons (Fsp3) is 1.00. The zero-order valence-corrected chi connectivity index (χ0v) is 11.3. The summed E-state index contributed by atoms with van der Waals surface area (Å²) in [4.78, 5) is 2.03. The Balaban J connectivity index is 2.54. The summed E-state index contributed by atoms with van der Waals surface area (Å²) in [6.07, 6.45) is -3.47. The molecule has 0 aromatic heterocycles. The number of aliphatic hydroxyl groups excluding tert-OH is 1. The van der Waals surface area contributed by atoms with Crippen LogP contribution >= 0.6 is 0 Å². The fourth-order valence-electron chi connectivity index (χ4n) is 2.62. The topological polar surface area (TPSA) is 61.5 Å². The Morgan fingerprint density at radius 1 is 1.42 bits per heavy atom. The minimum absolute atomic E-state index is 0.0102. The Morgan fingerprint density at radius 3 is 2.63 bits per heavy atom. The number of hydrogen-bond acceptors (Lipinski definition) is 4. The van der Waals surface area contributed by atoms with E-state index in [2.05, 4.69) is 5.32 Å². The first-order chi connectivity index (χ1) is 8.85. The van der Waals surface area contributed by atoms with E-state index in [4.69, 9.17) is 5.73 Å². The zero-order chi connectivity index (χ0) is 14.5. The van der Waals surface area contributed by atoms with Crippen LogP contribution in [0.25, 0.3) is 0 Å². The Hall–Kier alpha value is -0.370. The first-order valence-corrected chi connectivity index (χ1v) is 6.76. The van der Waals surface area contributed by atoms with Crippen molar-refractivity contribution < 1.29 is 18.3 Å². The van der Waals surface area contributed by atoms with Gasteiger partial charge in [-0.05, 0) is 18.8 Å². The van der Waals surface area contributed by atoms with E-state index in [0.717, 1.165) is 0 Å². The Bertz CT molecular complexity index is 263. The van der Waals surface area contributed by atoms with Gasteiger partial charge in [-0.3, -0.25) is 0 Å². The second kappa shape index (κ2) is 7.42. The highest BCUT2D eigenvalue weighted by atomic mass is 19.4. The van der Waals surface area contributed by atoms with E-state index >= 15 is 0 Å². The van der Waals surface area contributed by atoms with Gasteiger partial charge < -0.3 is 21.1 Å². The summed E-state index contributed by atoms with van der Waals surface area (Å²) >= 11 is 0. The highest BCUT2D eigenvalue weighted by Crippen LogP contribution is 2.22. The third-order valence-electron chi connectivity index (χ3n) is 3.56. The minimum atomic E-state index is -4.20. The number of nitrogens with two attached hydrogens (primary N) is 1. The number of hydrogen-bond donors (Lipinski definition) is 3. The molecule has 0 aromatic carbocycles. The molecule has 0 amide bonds. The number of aliphatic hydroxyl groups is 1. The van der Waals surface area contributed by atoms with Gasteiger partial charge in [-0.25, -0.2) is 0 Å². The van der Waals surface area contributed by atoms with Crippen LogP contribution in [0.2, 0.25) is 0 Å². The van der Waals surface area contributed by atoms with Crippen molar-refractivity contribution in [3.05, 3.63) is 0 Å². The quantitative estimate of drug-likeness (QED) is 0.666. The van der Waals surface area contributed by atoms with E-state index in [1.807, 2.05) is 11.8 Å². The summed E-state index contributed by atoms with van der Waals surface area (Å²) in [5, 5.41) is 12.4. The van der Waals surface area contributed by atoms with Crippen molar-refractivity contribution in [1.29, 1.82) is 0 Å². The average Bonchev–Trinajstić information content (AvgIpc) is 2.35. The maximum Gasteiger partial charge on any atom is 0.401 e. The van der Waals surface area contributed by atoms with E-state index in [9.17, 15) is 18.3 Å². The lowest BCUT2D eigenvalue weighted by molar-refractivity contribution is -0.127. The molecule has 1 heterocycles. The molecule has 0 bridgehead atoms. The van der Waals surface area contributed by atoms with Crippen molar-refractivity contribution in [1.82, 2.24) is 10.2 Å². The molecule has 3 unspecified atom stereocenters. The smallest absolute Gasteiger partial charge is 0.393 e. The van der Waals surface area contributed by atoms with Gasteiger partial charge in [0.1, 0.15) is 0 Å². The van der Waals surface area contributed by atoms with Gasteiger partial charge in [0.2, 0.25) is 0 Å². The molecule has 1 saturated heterocycles. The molecule has 1 aliphatic rings. The normalized spacial score (nSPS) is 27.5. The number of rotatable bonds is 6. The third kappa shape index (κ3) is 6.07. The first-order valence-electron chi connectivity index (χ1n) is 6.76. The number of likely N-dealkylation sites (tertiary alicyclic amines) is 1. The molecule has 114 valence electrons. The van der Waals surface area contributed by atoms with Crippen LogP contribution in [0, 0.1) is 5.92 Å². The summed E-state index contributed by atoms with van der Waals surface area (Å²) in [5.74, 6) is 0.0102. The van der Waals surface area contributed by atoms with Crippen molar-refractivity contribution in [3.8, 4) is 0 Å². The Morgan fingerprint density at radius 2 is 2.11 bits per heavy atom. The molecule has 7 heteroatoms. The van der Waals surface area contributed by atoms with Crippen LogP contribution in [0.1, 0.15) is 19.8 Å². The van der Waals surface area contributed by atoms with Crippen LogP contribution in [0.5, 0.6) is 0 Å². The molecule has 0 radical (unpaired) electrons. The SMILES string of the molecule is CCC(O)C1CC(NCC(F)(F)F)CN(CCN)C1. The second-order valence-electron chi connectivity index (χ2n) is 5.21. The molecule has 0 aromatic rings. The van der Waals surface area contributed by atoms with Crippen molar-refractivity contribution in [2.45, 2.75) is 38.1 Å². The number of nitrogens with one attached hydrogen (secondary N) is 1. The van der Waals surface area contributed by atoms with Gasteiger partial charge in [-0.2, -0.15) is 13.2 Å². The summed E-state index contributed by atoms with van der Waals surface area (Å²) in [7, 11) is 0. The van der Waals surface area contributed by atoms with E-state index in [0.29, 0.717) is 39.0 Å². The van der Waals surface area contributed by atoms with Crippen LogP contribution in [0.15, 0.2) is 0 Å². The molecule has 3 atom stereocenters. The molecule has 1 rings (SSSR count).